The van der Waals surface area contributed by atoms with Crippen LogP contribution < -0.4 is 15.4 Å². The molecule has 8 nitrogen and oxygen atoms in total. The molecule has 2 rings (SSSR count). The lowest BCUT2D eigenvalue weighted by atomic mass is 10.2. The molecular weight excluding hydrogens is 402 g/mol. The highest BCUT2D eigenvalue weighted by Crippen LogP contribution is 2.11. The third kappa shape index (κ3) is 6.66. The molecule has 30 heavy (non-hydrogen) atoms. The van der Waals surface area contributed by atoms with Crippen LogP contribution in [0.15, 0.2) is 42.5 Å². The van der Waals surface area contributed by atoms with Gasteiger partial charge in [-0.15, -0.1) is 0 Å². The van der Waals surface area contributed by atoms with Crippen molar-refractivity contribution in [2.45, 2.75) is 6.42 Å². The van der Waals surface area contributed by atoms with Crippen molar-refractivity contribution in [2.24, 2.45) is 0 Å². The number of esters is 1. The molecule has 2 aromatic carbocycles. The smallest absolute Gasteiger partial charge is 0.308 e. The normalized spacial score (nSPS) is 10.1. The molecule has 2 N–H and O–H groups in total. The number of nitrogens with one attached hydrogen (secondary N) is 2. The van der Waals surface area contributed by atoms with Gasteiger partial charge in [0.25, 0.3) is 17.7 Å². The summed E-state index contributed by atoms with van der Waals surface area (Å²) in [6, 6.07) is 8.48. The van der Waals surface area contributed by atoms with Crippen molar-refractivity contribution in [3.8, 4) is 5.75 Å². The zero-order valence-corrected chi connectivity index (χ0v) is 15.9. The summed E-state index contributed by atoms with van der Waals surface area (Å²) < 4.78 is 36.0. The summed E-state index contributed by atoms with van der Waals surface area (Å²) in [6.45, 7) is -0.887. The van der Waals surface area contributed by atoms with Crippen LogP contribution in [0.1, 0.15) is 27.1 Å². The minimum Gasteiger partial charge on any atom is -0.497 e. The number of carbonyl (C=O) groups is 4. The largest absolute Gasteiger partial charge is 0.497 e. The average molecular weight is 420 g/mol. The average Bonchev–Trinajstić information content (AvgIpc) is 2.72. The van der Waals surface area contributed by atoms with Crippen molar-refractivity contribution in [3.63, 3.8) is 0 Å². The Morgan fingerprint density at radius 3 is 2.30 bits per heavy atom. The number of benzene rings is 2. The summed E-state index contributed by atoms with van der Waals surface area (Å²) in [7, 11) is 1.47. The van der Waals surface area contributed by atoms with Gasteiger partial charge < -0.3 is 14.8 Å². The standard InChI is InChI=1S/C20H18F2N2O6/c1-29-14-5-2-12(3-6-14)19(27)24-17(25)11-30-18(26)8-9-23-20(28)15-7-4-13(21)10-16(15)22/h2-7,10H,8-9,11H2,1H3,(H,23,28)(H,24,25,27). The molecule has 0 spiro atoms. The van der Waals surface area contributed by atoms with Gasteiger partial charge in [0.15, 0.2) is 6.61 Å². The monoisotopic (exact) mass is 420 g/mol. The Kier molecular flexibility index (Phi) is 7.98. The lowest BCUT2D eigenvalue weighted by Gasteiger charge is -2.08. The van der Waals surface area contributed by atoms with Gasteiger partial charge in [0, 0.05) is 18.2 Å². The third-order valence-electron chi connectivity index (χ3n) is 3.76. The van der Waals surface area contributed by atoms with Crippen LogP contribution in [0.2, 0.25) is 0 Å². The van der Waals surface area contributed by atoms with E-state index in [-0.39, 0.29) is 24.1 Å². The second kappa shape index (κ2) is 10.6. The fraction of sp³-hybridized carbons (Fsp3) is 0.200. The van der Waals surface area contributed by atoms with E-state index in [2.05, 4.69) is 10.6 Å². The molecule has 0 aliphatic carbocycles. The molecule has 3 amide bonds. The van der Waals surface area contributed by atoms with Crippen molar-refractivity contribution >= 4 is 23.7 Å². The molecule has 2 aromatic rings. The fourth-order valence-electron chi connectivity index (χ4n) is 2.24. The predicted octanol–water partition coefficient (Wildman–Crippen LogP) is 1.59. The Labute approximate surface area is 170 Å². The van der Waals surface area contributed by atoms with Crippen molar-refractivity contribution in [3.05, 3.63) is 65.2 Å². The van der Waals surface area contributed by atoms with Crippen LogP contribution in [-0.4, -0.2) is 44.0 Å². The first-order valence-corrected chi connectivity index (χ1v) is 8.67. The number of imide groups is 1. The van der Waals surface area contributed by atoms with Crippen LogP contribution in [0.5, 0.6) is 5.75 Å². The molecule has 0 aromatic heterocycles. The Bertz CT molecular complexity index is 947. The molecular formula is C20H18F2N2O6. The van der Waals surface area contributed by atoms with E-state index in [1.165, 1.54) is 19.2 Å². The maximum atomic E-state index is 13.5. The number of methoxy groups -OCH3 is 1. The number of hydrogen-bond donors (Lipinski definition) is 2. The first-order chi connectivity index (χ1) is 14.3. The van der Waals surface area contributed by atoms with E-state index in [0.29, 0.717) is 11.8 Å². The first kappa shape index (κ1) is 22.5. The van der Waals surface area contributed by atoms with E-state index >= 15 is 0 Å². The second-order valence-electron chi connectivity index (χ2n) is 5.90. The molecule has 0 heterocycles. The Hall–Kier alpha value is -3.82. The van der Waals surface area contributed by atoms with E-state index in [4.69, 9.17) is 9.47 Å². The summed E-state index contributed by atoms with van der Waals surface area (Å²) in [5.41, 5.74) is -0.160. The SMILES string of the molecule is COc1ccc(C(=O)NC(=O)COC(=O)CCNC(=O)c2ccc(F)cc2F)cc1. The molecule has 0 bridgehead atoms. The van der Waals surface area contributed by atoms with E-state index in [9.17, 15) is 28.0 Å². The predicted molar refractivity (Wildman–Crippen MR) is 99.7 cm³/mol. The fourth-order valence-corrected chi connectivity index (χ4v) is 2.24. The van der Waals surface area contributed by atoms with Crippen LogP contribution in [0.25, 0.3) is 0 Å². The zero-order valence-electron chi connectivity index (χ0n) is 15.9. The molecule has 0 saturated heterocycles. The highest BCUT2D eigenvalue weighted by molar-refractivity contribution is 6.05. The Balaban J connectivity index is 1.70. The van der Waals surface area contributed by atoms with Crippen LogP contribution >= 0.6 is 0 Å². The highest BCUT2D eigenvalue weighted by atomic mass is 19.1. The molecule has 0 fully saturated rings. The van der Waals surface area contributed by atoms with Crippen molar-refractivity contribution in [1.82, 2.24) is 10.6 Å². The maximum absolute atomic E-state index is 13.5. The lowest BCUT2D eigenvalue weighted by Crippen LogP contribution is -2.34. The van der Waals surface area contributed by atoms with Gasteiger partial charge in [-0.3, -0.25) is 24.5 Å². The van der Waals surface area contributed by atoms with Gasteiger partial charge in [-0.1, -0.05) is 0 Å². The first-order valence-electron chi connectivity index (χ1n) is 8.67. The number of halogens is 2. The van der Waals surface area contributed by atoms with Crippen molar-refractivity contribution in [1.29, 1.82) is 0 Å². The van der Waals surface area contributed by atoms with Gasteiger partial charge in [-0.05, 0) is 36.4 Å². The molecule has 10 heteroatoms. The Morgan fingerprint density at radius 2 is 1.67 bits per heavy atom. The molecule has 0 aliphatic rings. The topological polar surface area (TPSA) is 111 Å². The van der Waals surface area contributed by atoms with Gasteiger partial charge in [-0.2, -0.15) is 0 Å². The number of rotatable bonds is 8. The molecule has 0 aliphatic heterocycles. The van der Waals surface area contributed by atoms with Gasteiger partial charge in [0.05, 0.1) is 19.1 Å². The molecule has 0 atom stereocenters. The van der Waals surface area contributed by atoms with Gasteiger partial charge in [0.2, 0.25) is 0 Å². The summed E-state index contributed by atoms with van der Waals surface area (Å²) in [6.07, 6.45) is -0.297. The Morgan fingerprint density at radius 1 is 0.967 bits per heavy atom. The number of amides is 3. The summed E-state index contributed by atoms with van der Waals surface area (Å²) in [4.78, 5) is 47.0. The highest BCUT2D eigenvalue weighted by Gasteiger charge is 2.15. The molecule has 0 saturated carbocycles. The van der Waals surface area contributed by atoms with E-state index in [1.54, 1.807) is 12.1 Å². The minimum absolute atomic E-state index is 0.194. The minimum atomic E-state index is -1.03. The maximum Gasteiger partial charge on any atom is 0.308 e. The lowest BCUT2D eigenvalue weighted by molar-refractivity contribution is -0.148. The van der Waals surface area contributed by atoms with Crippen molar-refractivity contribution < 1.29 is 37.4 Å². The quantitative estimate of drug-likeness (QED) is 0.628. The van der Waals surface area contributed by atoms with E-state index in [1.807, 2.05) is 0 Å². The summed E-state index contributed by atoms with van der Waals surface area (Å²) in [5, 5.41) is 4.33. The summed E-state index contributed by atoms with van der Waals surface area (Å²) >= 11 is 0. The number of carbonyl (C=O) groups excluding carboxylic acids is 4. The van der Waals surface area contributed by atoms with Gasteiger partial charge in [0.1, 0.15) is 17.4 Å². The van der Waals surface area contributed by atoms with Crippen LogP contribution in [0.4, 0.5) is 8.78 Å². The van der Waals surface area contributed by atoms with Crippen molar-refractivity contribution in [2.75, 3.05) is 20.3 Å². The third-order valence-corrected chi connectivity index (χ3v) is 3.76. The molecule has 0 radical (unpaired) electrons. The van der Waals surface area contributed by atoms with Crippen LogP contribution in [0.3, 0.4) is 0 Å². The van der Waals surface area contributed by atoms with Gasteiger partial charge in [-0.25, -0.2) is 8.78 Å². The number of ether oxygens (including phenoxy) is 2. The zero-order chi connectivity index (χ0) is 22.1. The van der Waals surface area contributed by atoms with E-state index < -0.39 is 41.9 Å². The van der Waals surface area contributed by atoms with Gasteiger partial charge >= 0.3 is 5.97 Å². The van der Waals surface area contributed by atoms with E-state index in [0.717, 1.165) is 12.1 Å². The molecule has 0 unspecified atom stereocenters. The second-order valence-corrected chi connectivity index (χ2v) is 5.90. The van der Waals surface area contributed by atoms with Crippen LogP contribution in [0, 0.1) is 11.6 Å². The van der Waals surface area contributed by atoms with Crippen LogP contribution in [-0.2, 0) is 14.3 Å². The molecule has 158 valence electrons. The summed E-state index contributed by atoms with van der Waals surface area (Å²) in [5.74, 6) is -4.47. The number of hydrogen-bond acceptors (Lipinski definition) is 6.